The van der Waals surface area contributed by atoms with Gasteiger partial charge in [-0.15, -0.1) is 0 Å². The van der Waals surface area contributed by atoms with Crippen molar-refractivity contribution in [3.8, 4) is 5.75 Å². The summed E-state index contributed by atoms with van der Waals surface area (Å²) in [5.41, 5.74) is 0.450. The van der Waals surface area contributed by atoms with Crippen LogP contribution in [-0.2, 0) is 4.79 Å². The number of benzene rings is 1. The van der Waals surface area contributed by atoms with Crippen molar-refractivity contribution in [2.45, 2.75) is 13.8 Å². The highest BCUT2D eigenvalue weighted by Gasteiger charge is 2.11. The number of ether oxygens (including phenoxy) is 1. The molecular formula is C12H15NO3. The lowest BCUT2D eigenvalue weighted by Gasteiger charge is -2.09. The van der Waals surface area contributed by atoms with Crippen LogP contribution in [-0.4, -0.2) is 24.8 Å². The molecule has 4 heteroatoms. The van der Waals surface area contributed by atoms with Crippen LogP contribution in [0.3, 0.4) is 0 Å². The summed E-state index contributed by atoms with van der Waals surface area (Å²) in [7, 11) is 0. The molecule has 0 saturated heterocycles. The normalized spacial score (nSPS) is 9.62. The molecule has 0 unspecified atom stereocenters. The summed E-state index contributed by atoms with van der Waals surface area (Å²) in [6, 6.07) is 6.95. The van der Waals surface area contributed by atoms with Crippen LogP contribution < -0.4 is 10.1 Å². The minimum Gasteiger partial charge on any atom is -0.493 e. The Morgan fingerprint density at radius 2 is 2.00 bits per heavy atom. The van der Waals surface area contributed by atoms with Crippen LogP contribution in [0, 0.1) is 0 Å². The molecule has 16 heavy (non-hydrogen) atoms. The summed E-state index contributed by atoms with van der Waals surface area (Å²) in [6.45, 7) is 3.81. The number of para-hydroxylation sites is 1. The van der Waals surface area contributed by atoms with Gasteiger partial charge in [-0.25, -0.2) is 0 Å². The molecule has 1 N–H and O–H groups in total. The number of hydrogen-bond acceptors (Lipinski definition) is 3. The van der Waals surface area contributed by atoms with E-state index < -0.39 is 0 Å². The fourth-order valence-corrected chi connectivity index (χ4v) is 1.24. The van der Waals surface area contributed by atoms with Gasteiger partial charge in [0.05, 0.1) is 18.7 Å². The predicted octanol–water partition coefficient (Wildman–Crippen LogP) is 1.40. The van der Waals surface area contributed by atoms with E-state index in [-0.39, 0.29) is 18.2 Å². The van der Waals surface area contributed by atoms with Crippen molar-refractivity contribution in [1.29, 1.82) is 0 Å². The summed E-state index contributed by atoms with van der Waals surface area (Å²) >= 11 is 0. The van der Waals surface area contributed by atoms with Gasteiger partial charge in [-0.1, -0.05) is 12.1 Å². The van der Waals surface area contributed by atoms with E-state index in [9.17, 15) is 9.59 Å². The second kappa shape index (κ2) is 5.90. The maximum Gasteiger partial charge on any atom is 0.255 e. The molecule has 1 aromatic rings. The van der Waals surface area contributed by atoms with Crippen molar-refractivity contribution in [3.05, 3.63) is 29.8 Å². The number of rotatable bonds is 5. The average Bonchev–Trinajstić information content (AvgIpc) is 2.27. The molecule has 0 aromatic heterocycles. The topological polar surface area (TPSA) is 55.4 Å². The third kappa shape index (κ3) is 3.38. The molecule has 1 rings (SSSR count). The smallest absolute Gasteiger partial charge is 0.255 e. The third-order valence-corrected chi connectivity index (χ3v) is 1.93. The van der Waals surface area contributed by atoms with Crippen LogP contribution in [0.15, 0.2) is 24.3 Å². The fraction of sp³-hybridized carbons (Fsp3) is 0.333. The number of hydrogen-bond donors (Lipinski definition) is 1. The van der Waals surface area contributed by atoms with Crippen molar-refractivity contribution in [1.82, 2.24) is 5.32 Å². The second-order valence-electron chi connectivity index (χ2n) is 3.31. The molecule has 0 bridgehead atoms. The predicted molar refractivity (Wildman–Crippen MR) is 60.6 cm³/mol. The Bertz CT molecular complexity index is 388. The monoisotopic (exact) mass is 221 g/mol. The lowest BCUT2D eigenvalue weighted by molar-refractivity contribution is -0.116. The molecule has 0 spiro atoms. The number of carbonyl (C=O) groups excluding carboxylic acids is 2. The van der Waals surface area contributed by atoms with Crippen molar-refractivity contribution in [2.75, 3.05) is 13.2 Å². The minimum atomic E-state index is -0.292. The Hall–Kier alpha value is -1.84. The fourth-order valence-electron chi connectivity index (χ4n) is 1.24. The molecule has 0 atom stereocenters. The first-order chi connectivity index (χ1) is 7.65. The Kier molecular flexibility index (Phi) is 4.51. The van der Waals surface area contributed by atoms with Crippen LogP contribution in [0.1, 0.15) is 24.2 Å². The Morgan fingerprint density at radius 3 is 2.62 bits per heavy atom. The standard InChI is InChI=1S/C12H15NO3/c1-3-16-11-7-5-4-6-10(11)12(15)13-8-9(2)14/h4-7H,3,8H2,1-2H3,(H,13,15). The van der Waals surface area contributed by atoms with E-state index in [0.29, 0.717) is 17.9 Å². The van der Waals surface area contributed by atoms with Crippen LogP contribution in [0.4, 0.5) is 0 Å². The van der Waals surface area contributed by atoms with Gasteiger partial charge < -0.3 is 10.1 Å². The van der Waals surface area contributed by atoms with Crippen molar-refractivity contribution >= 4 is 11.7 Å². The van der Waals surface area contributed by atoms with Gasteiger partial charge in [-0.3, -0.25) is 9.59 Å². The van der Waals surface area contributed by atoms with Gasteiger partial charge in [0.1, 0.15) is 11.5 Å². The zero-order chi connectivity index (χ0) is 12.0. The SMILES string of the molecule is CCOc1ccccc1C(=O)NCC(C)=O. The van der Waals surface area contributed by atoms with Crippen LogP contribution in [0.5, 0.6) is 5.75 Å². The van der Waals surface area contributed by atoms with Crippen molar-refractivity contribution < 1.29 is 14.3 Å². The van der Waals surface area contributed by atoms with E-state index in [4.69, 9.17) is 4.74 Å². The van der Waals surface area contributed by atoms with Gasteiger partial charge in [0.2, 0.25) is 0 Å². The quantitative estimate of drug-likeness (QED) is 0.817. The van der Waals surface area contributed by atoms with Crippen molar-refractivity contribution in [3.63, 3.8) is 0 Å². The van der Waals surface area contributed by atoms with Gasteiger partial charge in [0.15, 0.2) is 0 Å². The molecule has 0 aliphatic rings. The average molecular weight is 221 g/mol. The molecule has 4 nitrogen and oxygen atoms in total. The maximum atomic E-state index is 11.7. The lowest BCUT2D eigenvalue weighted by atomic mass is 10.2. The first-order valence-corrected chi connectivity index (χ1v) is 5.14. The van der Waals surface area contributed by atoms with E-state index in [1.165, 1.54) is 6.92 Å². The van der Waals surface area contributed by atoms with E-state index in [1.54, 1.807) is 24.3 Å². The Balaban J connectivity index is 2.77. The van der Waals surface area contributed by atoms with E-state index in [0.717, 1.165) is 0 Å². The molecule has 86 valence electrons. The molecule has 0 radical (unpaired) electrons. The van der Waals surface area contributed by atoms with Crippen LogP contribution in [0.25, 0.3) is 0 Å². The summed E-state index contributed by atoms with van der Waals surface area (Å²) in [5.74, 6) is 0.160. The lowest BCUT2D eigenvalue weighted by Crippen LogP contribution is -2.28. The number of carbonyl (C=O) groups is 2. The highest BCUT2D eigenvalue weighted by atomic mass is 16.5. The molecule has 1 aromatic carbocycles. The summed E-state index contributed by atoms with van der Waals surface area (Å²) in [4.78, 5) is 22.4. The van der Waals surface area contributed by atoms with Gasteiger partial charge in [0, 0.05) is 0 Å². The number of amides is 1. The van der Waals surface area contributed by atoms with Crippen LogP contribution in [0.2, 0.25) is 0 Å². The van der Waals surface area contributed by atoms with Gasteiger partial charge >= 0.3 is 0 Å². The number of Topliss-reactive ketones (excluding diaryl/α,β-unsaturated/α-hetero) is 1. The Morgan fingerprint density at radius 1 is 1.31 bits per heavy atom. The Labute approximate surface area is 94.6 Å². The zero-order valence-corrected chi connectivity index (χ0v) is 9.45. The summed E-state index contributed by atoms with van der Waals surface area (Å²) in [5, 5.41) is 2.53. The van der Waals surface area contributed by atoms with E-state index >= 15 is 0 Å². The molecule has 0 aliphatic heterocycles. The first kappa shape index (κ1) is 12.2. The molecule has 0 aliphatic carbocycles. The minimum absolute atomic E-state index is 0.0410. The molecule has 0 fully saturated rings. The van der Waals surface area contributed by atoms with Gasteiger partial charge in [-0.2, -0.15) is 0 Å². The summed E-state index contributed by atoms with van der Waals surface area (Å²) < 4.78 is 5.32. The van der Waals surface area contributed by atoms with E-state index in [1.807, 2.05) is 6.92 Å². The second-order valence-corrected chi connectivity index (χ2v) is 3.31. The highest BCUT2D eigenvalue weighted by molar-refractivity contribution is 5.98. The highest BCUT2D eigenvalue weighted by Crippen LogP contribution is 2.17. The molecule has 0 heterocycles. The number of ketones is 1. The third-order valence-electron chi connectivity index (χ3n) is 1.93. The first-order valence-electron chi connectivity index (χ1n) is 5.14. The summed E-state index contributed by atoms with van der Waals surface area (Å²) in [6.07, 6.45) is 0. The zero-order valence-electron chi connectivity index (χ0n) is 9.45. The molecular weight excluding hydrogens is 206 g/mol. The van der Waals surface area contributed by atoms with Gasteiger partial charge in [-0.05, 0) is 26.0 Å². The van der Waals surface area contributed by atoms with Crippen LogP contribution >= 0.6 is 0 Å². The van der Waals surface area contributed by atoms with Crippen molar-refractivity contribution in [2.24, 2.45) is 0 Å². The number of nitrogens with one attached hydrogen (secondary N) is 1. The maximum absolute atomic E-state index is 11.7. The van der Waals surface area contributed by atoms with Gasteiger partial charge in [0.25, 0.3) is 5.91 Å². The molecule has 0 saturated carbocycles. The largest absolute Gasteiger partial charge is 0.493 e. The molecule has 1 amide bonds. The van der Waals surface area contributed by atoms with E-state index in [2.05, 4.69) is 5.32 Å².